The molecule has 0 unspecified atom stereocenters. The number of rotatable bonds is 8. The molecule has 0 amide bonds. The van der Waals surface area contributed by atoms with Crippen LogP contribution in [0.5, 0.6) is 0 Å². The summed E-state index contributed by atoms with van der Waals surface area (Å²) >= 11 is 1.83. The molecule has 2 heterocycles. The Bertz CT molecular complexity index is 2030. The molecule has 1 N–H and O–H groups in total. The second-order valence-corrected chi connectivity index (χ2v) is 14.2. The predicted molar refractivity (Wildman–Crippen MR) is 199 cm³/mol. The van der Waals surface area contributed by atoms with Crippen molar-refractivity contribution in [3.63, 3.8) is 0 Å². The van der Waals surface area contributed by atoms with Crippen molar-refractivity contribution in [2.45, 2.75) is 79.6 Å². The summed E-state index contributed by atoms with van der Waals surface area (Å²) in [7, 11) is 0. The number of carbonyl (C=O) groups excluding carboxylic acids is 1. The van der Waals surface area contributed by atoms with Crippen LogP contribution in [0.4, 0.5) is 0 Å². The molecule has 0 saturated carbocycles. The Balaban J connectivity index is 0.000000269. The van der Waals surface area contributed by atoms with Gasteiger partial charge in [-0.1, -0.05) is 108 Å². The fraction of sp³-hybridized carbons (Fsp3) is 0.333. The second-order valence-electron chi connectivity index (χ2n) is 13.2. The largest absolute Gasteiger partial charge is 0.512 e. The summed E-state index contributed by atoms with van der Waals surface area (Å²) in [5.74, 6) is 0.547. The Kier molecular flexibility index (Phi) is 12.2. The van der Waals surface area contributed by atoms with Gasteiger partial charge in [-0.2, -0.15) is 0 Å². The second kappa shape index (κ2) is 15.7. The van der Waals surface area contributed by atoms with E-state index in [4.69, 9.17) is 4.98 Å². The number of allylic oxidation sites excluding steroid dienone is 2. The van der Waals surface area contributed by atoms with E-state index in [0.717, 1.165) is 42.3 Å². The molecule has 3 nitrogen and oxygen atoms in total. The molecule has 1 radical (unpaired) electrons. The molecule has 5 heteroatoms. The van der Waals surface area contributed by atoms with Gasteiger partial charge in [-0.25, -0.2) is 0 Å². The van der Waals surface area contributed by atoms with Gasteiger partial charge in [0.15, 0.2) is 5.78 Å². The van der Waals surface area contributed by atoms with Crippen molar-refractivity contribution in [3.8, 4) is 11.3 Å². The van der Waals surface area contributed by atoms with Crippen molar-refractivity contribution in [1.82, 2.24) is 4.98 Å². The predicted octanol–water partition coefficient (Wildman–Crippen LogP) is 12.4. The van der Waals surface area contributed by atoms with E-state index in [-0.39, 0.29) is 48.9 Å². The molecular weight excluding hydrogens is 775 g/mol. The number of pyridine rings is 1. The number of benzene rings is 4. The molecule has 6 aromatic rings. The van der Waals surface area contributed by atoms with E-state index in [1.54, 1.807) is 0 Å². The Morgan fingerprint density at radius 3 is 2.15 bits per heavy atom. The van der Waals surface area contributed by atoms with Gasteiger partial charge in [-0.05, 0) is 59.4 Å². The van der Waals surface area contributed by atoms with Crippen molar-refractivity contribution in [3.05, 3.63) is 102 Å². The van der Waals surface area contributed by atoms with Crippen LogP contribution in [0.3, 0.4) is 0 Å². The molecule has 47 heavy (non-hydrogen) atoms. The van der Waals surface area contributed by atoms with Crippen molar-refractivity contribution in [2.24, 2.45) is 11.8 Å². The van der Waals surface area contributed by atoms with Crippen LogP contribution >= 0.6 is 11.3 Å². The molecule has 0 bridgehead atoms. The van der Waals surface area contributed by atoms with Crippen molar-refractivity contribution in [1.29, 1.82) is 0 Å². The van der Waals surface area contributed by atoms with Crippen molar-refractivity contribution in [2.75, 3.05) is 0 Å². The van der Waals surface area contributed by atoms with E-state index >= 15 is 0 Å². The fourth-order valence-corrected chi connectivity index (χ4v) is 7.64. The summed E-state index contributed by atoms with van der Waals surface area (Å²) in [6.45, 7) is 14.9. The van der Waals surface area contributed by atoms with Gasteiger partial charge in [0.1, 0.15) is 0 Å². The molecule has 6 rings (SSSR count). The number of ketones is 1. The third-order valence-electron chi connectivity index (χ3n) is 9.20. The van der Waals surface area contributed by atoms with Gasteiger partial charge in [0, 0.05) is 64.7 Å². The number of carbonyl (C=O) groups is 1. The molecule has 0 fully saturated rings. The van der Waals surface area contributed by atoms with Gasteiger partial charge in [-0.3, -0.25) is 9.78 Å². The summed E-state index contributed by atoms with van der Waals surface area (Å²) in [5, 5.41) is 17.4. The van der Waals surface area contributed by atoms with Gasteiger partial charge < -0.3 is 5.11 Å². The molecule has 0 aliphatic carbocycles. The average molecular weight is 821 g/mol. The van der Waals surface area contributed by atoms with E-state index in [9.17, 15) is 9.90 Å². The number of aliphatic hydroxyl groups excluding tert-OH is 1. The van der Waals surface area contributed by atoms with E-state index in [2.05, 4.69) is 99.6 Å². The Morgan fingerprint density at radius 1 is 0.851 bits per heavy atom. The minimum absolute atomic E-state index is 0. The maximum atomic E-state index is 11.7. The van der Waals surface area contributed by atoms with E-state index in [0.29, 0.717) is 0 Å². The zero-order valence-corrected chi connectivity index (χ0v) is 31.8. The molecule has 4 aromatic carbocycles. The molecule has 0 spiro atoms. The number of hydrogen-bond acceptors (Lipinski definition) is 4. The topological polar surface area (TPSA) is 50.2 Å². The Hall–Kier alpha value is -3.37. The number of fused-ring (bicyclic) bond motifs is 6. The van der Waals surface area contributed by atoms with Gasteiger partial charge in [0.05, 0.1) is 5.76 Å². The summed E-state index contributed by atoms with van der Waals surface area (Å²) in [6, 6.07) is 29.8. The number of thiophene rings is 1. The minimum atomic E-state index is 0. The van der Waals surface area contributed by atoms with Crippen LogP contribution in [0.15, 0.2) is 90.8 Å². The number of nitrogens with zero attached hydrogens (tertiary/aromatic N) is 1. The zero-order chi connectivity index (χ0) is 33.0. The standard InChI is InChI=1S/C29H22NS.C13H24O2.Ir/c1-29(2,3)24-17-20(16-19-9-5-6-10-21(19)24)27-28-23(14-15-30-27)26-22-11-7-4-8-18(22)12-13-25(26)31-28;1-5-10(6-2)12(14)9-13(15)11(7-3)8-4;/h4-15,17H,1-3H3;9-11,14H,5-8H2,1-4H3;/q-1;;/b;12-9-;. The van der Waals surface area contributed by atoms with Crippen LogP contribution in [-0.2, 0) is 30.3 Å². The van der Waals surface area contributed by atoms with Gasteiger partial charge in [0.2, 0.25) is 0 Å². The van der Waals surface area contributed by atoms with Crippen LogP contribution in [0, 0.1) is 17.9 Å². The monoisotopic (exact) mass is 821 g/mol. The third kappa shape index (κ3) is 7.69. The summed E-state index contributed by atoms with van der Waals surface area (Å²) in [5.41, 5.74) is 3.47. The first-order chi connectivity index (χ1) is 22.1. The maximum Gasteiger partial charge on any atom is 0.162 e. The molecule has 0 aliphatic rings. The Morgan fingerprint density at radius 2 is 1.49 bits per heavy atom. The molecular formula is C42H46IrNO2S-. The fourth-order valence-electron chi connectivity index (χ4n) is 6.42. The molecule has 2 aromatic heterocycles. The van der Waals surface area contributed by atoms with Gasteiger partial charge in [0.25, 0.3) is 0 Å². The third-order valence-corrected chi connectivity index (χ3v) is 10.4. The summed E-state index contributed by atoms with van der Waals surface area (Å²) in [6.07, 6.45) is 6.86. The first-order valence-electron chi connectivity index (χ1n) is 16.7. The van der Waals surface area contributed by atoms with Crippen LogP contribution in [-0.4, -0.2) is 15.9 Å². The van der Waals surface area contributed by atoms with Gasteiger partial charge >= 0.3 is 0 Å². The normalized spacial score (nSPS) is 12.1. The molecule has 247 valence electrons. The van der Waals surface area contributed by atoms with E-state index in [1.807, 2.05) is 45.2 Å². The van der Waals surface area contributed by atoms with Gasteiger partial charge in [-0.15, -0.1) is 40.5 Å². The summed E-state index contributed by atoms with van der Waals surface area (Å²) in [4.78, 5) is 16.6. The first-order valence-corrected chi connectivity index (χ1v) is 17.5. The van der Waals surface area contributed by atoms with Crippen LogP contribution < -0.4 is 0 Å². The Labute approximate surface area is 297 Å². The van der Waals surface area contributed by atoms with Crippen LogP contribution in [0.25, 0.3) is 53.0 Å². The quantitative estimate of drug-likeness (QED) is 0.0945. The van der Waals surface area contributed by atoms with Crippen molar-refractivity contribution < 1.29 is 30.0 Å². The zero-order valence-electron chi connectivity index (χ0n) is 28.6. The smallest absolute Gasteiger partial charge is 0.162 e. The average Bonchev–Trinajstić information content (AvgIpc) is 3.45. The minimum Gasteiger partial charge on any atom is -0.512 e. The van der Waals surface area contributed by atoms with Crippen LogP contribution in [0.1, 0.15) is 79.7 Å². The van der Waals surface area contributed by atoms with E-state index < -0.39 is 0 Å². The number of aliphatic hydroxyl groups is 1. The van der Waals surface area contributed by atoms with Crippen molar-refractivity contribution >= 4 is 58.8 Å². The number of hydrogen-bond donors (Lipinski definition) is 1. The van der Waals surface area contributed by atoms with E-state index in [1.165, 1.54) is 48.0 Å². The first kappa shape index (κ1) is 36.5. The molecule has 0 atom stereocenters. The molecule has 0 aliphatic heterocycles. The summed E-state index contributed by atoms with van der Waals surface area (Å²) < 4.78 is 2.54. The number of aromatic nitrogens is 1. The maximum absolute atomic E-state index is 11.7. The SMILES string of the molecule is CC(C)(C)c1cc(-c2nccc3c2sc2ccc4ccccc4c23)[c-]c2ccccc12.CCC(CC)C(=O)/C=C(\O)C(CC)CC.[Ir]. The van der Waals surface area contributed by atoms with Crippen LogP contribution in [0.2, 0.25) is 0 Å². The molecule has 0 saturated heterocycles.